The largest absolute Gasteiger partial charge is 0.444 e. The number of carbonyl (C=O) groups excluding carboxylic acids is 1. The van der Waals surface area contributed by atoms with Crippen molar-refractivity contribution in [3.63, 3.8) is 0 Å². The summed E-state index contributed by atoms with van der Waals surface area (Å²) in [5.41, 5.74) is -0.485. The number of piperazine rings is 1. The highest BCUT2D eigenvalue weighted by Crippen LogP contribution is 2.23. The third kappa shape index (κ3) is 5.84. The maximum atomic E-state index is 12.8. The zero-order valence-corrected chi connectivity index (χ0v) is 18.9. The summed E-state index contributed by atoms with van der Waals surface area (Å²) in [5, 5.41) is 0.519. The van der Waals surface area contributed by atoms with Crippen LogP contribution in [-0.4, -0.2) is 80.0 Å². The maximum Gasteiger partial charge on any atom is 0.410 e. The lowest BCUT2D eigenvalue weighted by molar-refractivity contribution is 0.0284. The molecule has 7 nitrogen and oxygen atoms in total. The number of carbonyl (C=O) groups is 1. The van der Waals surface area contributed by atoms with Crippen LogP contribution in [0.4, 0.5) is 4.79 Å². The van der Waals surface area contributed by atoms with Gasteiger partial charge in [-0.15, -0.1) is 0 Å². The quantitative estimate of drug-likeness (QED) is 0.715. The number of hydrogen-bond acceptors (Lipinski definition) is 5. The molecule has 2 aliphatic heterocycles. The molecule has 0 radical (unpaired) electrons. The number of amides is 1. The molecule has 2 heterocycles. The van der Waals surface area contributed by atoms with E-state index in [2.05, 4.69) is 4.90 Å². The molecule has 2 aliphatic rings. The van der Waals surface area contributed by atoms with Crippen LogP contribution in [-0.2, 0) is 14.8 Å². The van der Waals surface area contributed by atoms with Crippen LogP contribution in [0.2, 0.25) is 5.02 Å². The molecule has 0 saturated carbocycles. The first kappa shape index (κ1) is 22.3. The molecule has 0 aliphatic carbocycles. The van der Waals surface area contributed by atoms with Gasteiger partial charge in [-0.3, -0.25) is 0 Å². The molecule has 1 amide bonds. The van der Waals surface area contributed by atoms with E-state index in [4.69, 9.17) is 16.3 Å². The highest BCUT2D eigenvalue weighted by molar-refractivity contribution is 7.89. The van der Waals surface area contributed by atoms with Gasteiger partial charge in [0.1, 0.15) is 5.60 Å². The molecule has 1 aromatic rings. The molecule has 3 rings (SSSR count). The average Bonchev–Trinajstić information content (AvgIpc) is 3.10. The standard InChI is InChI=1S/C20H30ClN3O4S/c1-20(2,3)28-19(25)23-9-8-16(15-23)14-22-10-12-24(13-11-22)29(26,27)18-6-4-17(21)5-7-18/h4-7,16H,8-15H2,1-3H3. The average molecular weight is 444 g/mol. The van der Waals surface area contributed by atoms with Crippen LogP contribution in [0.15, 0.2) is 29.2 Å². The minimum absolute atomic E-state index is 0.251. The third-order valence-electron chi connectivity index (χ3n) is 5.24. The summed E-state index contributed by atoms with van der Waals surface area (Å²) in [6.45, 7) is 10.2. The Hall–Kier alpha value is -1.35. The third-order valence-corrected chi connectivity index (χ3v) is 7.40. The molecule has 2 saturated heterocycles. The second-order valence-electron chi connectivity index (χ2n) is 8.74. The summed E-state index contributed by atoms with van der Waals surface area (Å²) < 4.78 is 32.6. The summed E-state index contributed by atoms with van der Waals surface area (Å²) in [7, 11) is -3.49. The van der Waals surface area contributed by atoms with Crippen molar-refractivity contribution in [3.05, 3.63) is 29.3 Å². The summed E-state index contributed by atoms with van der Waals surface area (Å²) in [5.74, 6) is 0.391. The first-order valence-electron chi connectivity index (χ1n) is 10.0. The number of benzene rings is 1. The molecule has 29 heavy (non-hydrogen) atoms. The number of sulfonamides is 1. The van der Waals surface area contributed by atoms with Crippen LogP contribution in [0.25, 0.3) is 0 Å². The monoisotopic (exact) mass is 443 g/mol. The van der Waals surface area contributed by atoms with Crippen LogP contribution >= 0.6 is 11.6 Å². The summed E-state index contributed by atoms with van der Waals surface area (Å²) in [6.07, 6.45) is 0.696. The van der Waals surface area contributed by atoms with Crippen LogP contribution in [0.1, 0.15) is 27.2 Å². The SMILES string of the molecule is CC(C)(C)OC(=O)N1CCC(CN2CCN(S(=O)(=O)c3ccc(Cl)cc3)CC2)C1. The topological polar surface area (TPSA) is 70.2 Å². The van der Waals surface area contributed by atoms with Gasteiger partial charge in [-0.05, 0) is 57.4 Å². The minimum Gasteiger partial charge on any atom is -0.444 e. The van der Waals surface area contributed by atoms with Crippen molar-refractivity contribution >= 4 is 27.7 Å². The molecule has 0 spiro atoms. The Bertz CT molecular complexity index is 815. The van der Waals surface area contributed by atoms with E-state index in [9.17, 15) is 13.2 Å². The van der Waals surface area contributed by atoms with Gasteiger partial charge in [0.15, 0.2) is 0 Å². The molecule has 2 fully saturated rings. The van der Waals surface area contributed by atoms with Crippen molar-refractivity contribution in [1.29, 1.82) is 0 Å². The molecule has 1 unspecified atom stereocenters. The molecule has 9 heteroatoms. The molecule has 162 valence electrons. The number of nitrogens with zero attached hydrogens (tertiary/aromatic N) is 3. The Morgan fingerprint density at radius 2 is 1.72 bits per heavy atom. The first-order valence-corrected chi connectivity index (χ1v) is 11.8. The van der Waals surface area contributed by atoms with Gasteiger partial charge in [-0.2, -0.15) is 4.31 Å². The Kier molecular flexibility index (Phi) is 6.77. The van der Waals surface area contributed by atoms with E-state index in [0.29, 0.717) is 50.2 Å². The lowest BCUT2D eigenvalue weighted by Gasteiger charge is -2.35. The van der Waals surface area contributed by atoms with E-state index in [1.165, 1.54) is 4.31 Å². The van der Waals surface area contributed by atoms with Crippen molar-refractivity contribution in [2.45, 2.75) is 37.7 Å². The van der Waals surface area contributed by atoms with Crippen LogP contribution in [0.3, 0.4) is 0 Å². The maximum absolute atomic E-state index is 12.8. The molecule has 0 N–H and O–H groups in total. The highest BCUT2D eigenvalue weighted by Gasteiger charge is 2.33. The van der Waals surface area contributed by atoms with Crippen LogP contribution < -0.4 is 0 Å². The van der Waals surface area contributed by atoms with Gasteiger partial charge in [-0.1, -0.05) is 11.6 Å². The van der Waals surface area contributed by atoms with Gasteiger partial charge < -0.3 is 14.5 Å². The Morgan fingerprint density at radius 3 is 2.31 bits per heavy atom. The fourth-order valence-corrected chi connectivity index (χ4v) is 5.30. The van der Waals surface area contributed by atoms with Crippen molar-refractivity contribution in [1.82, 2.24) is 14.1 Å². The van der Waals surface area contributed by atoms with Crippen molar-refractivity contribution in [2.75, 3.05) is 45.8 Å². The molecule has 1 aromatic carbocycles. The molecular weight excluding hydrogens is 414 g/mol. The van der Waals surface area contributed by atoms with Crippen LogP contribution in [0, 0.1) is 5.92 Å². The van der Waals surface area contributed by atoms with E-state index < -0.39 is 15.6 Å². The number of rotatable bonds is 4. The van der Waals surface area contributed by atoms with E-state index in [0.717, 1.165) is 13.0 Å². The highest BCUT2D eigenvalue weighted by atomic mass is 35.5. The van der Waals surface area contributed by atoms with Crippen molar-refractivity contribution in [2.24, 2.45) is 5.92 Å². The Balaban J connectivity index is 1.48. The first-order chi connectivity index (χ1) is 13.5. The van der Waals surface area contributed by atoms with Crippen molar-refractivity contribution < 1.29 is 17.9 Å². The van der Waals surface area contributed by atoms with E-state index >= 15 is 0 Å². The Morgan fingerprint density at radius 1 is 1.10 bits per heavy atom. The van der Waals surface area contributed by atoms with E-state index in [1.807, 2.05) is 20.8 Å². The van der Waals surface area contributed by atoms with E-state index in [-0.39, 0.29) is 11.0 Å². The zero-order valence-electron chi connectivity index (χ0n) is 17.3. The van der Waals surface area contributed by atoms with E-state index in [1.54, 1.807) is 29.2 Å². The van der Waals surface area contributed by atoms with Crippen molar-refractivity contribution in [3.8, 4) is 0 Å². The van der Waals surface area contributed by atoms with Gasteiger partial charge in [0.25, 0.3) is 0 Å². The van der Waals surface area contributed by atoms with Gasteiger partial charge in [0.05, 0.1) is 4.90 Å². The molecule has 0 bridgehead atoms. The minimum atomic E-state index is -3.49. The fourth-order valence-electron chi connectivity index (χ4n) is 3.75. The normalized spacial score (nSPS) is 22.1. The lowest BCUT2D eigenvalue weighted by atomic mass is 10.1. The number of hydrogen-bond donors (Lipinski definition) is 0. The number of likely N-dealkylation sites (tertiary alicyclic amines) is 1. The Labute approximate surface area is 178 Å². The second kappa shape index (κ2) is 8.79. The molecular formula is C20H30ClN3O4S. The lowest BCUT2D eigenvalue weighted by Crippen LogP contribution is -2.49. The summed E-state index contributed by atoms with van der Waals surface area (Å²) >= 11 is 5.86. The van der Waals surface area contributed by atoms with Gasteiger partial charge in [0, 0.05) is 50.8 Å². The number of halogens is 1. The predicted molar refractivity (Wildman–Crippen MR) is 113 cm³/mol. The summed E-state index contributed by atoms with van der Waals surface area (Å²) in [4.78, 5) is 16.6. The van der Waals surface area contributed by atoms with Gasteiger partial charge in [0.2, 0.25) is 10.0 Å². The molecule has 0 aromatic heterocycles. The fraction of sp³-hybridized carbons (Fsp3) is 0.650. The number of ether oxygens (including phenoxy) is 1. The smallest absolute Gasteiger partial charge is 0.410 e. The van der Waals surface area contributed by atoms with Gasteiger partial charge >= 0.3 is 6.09 Å². The van der Waals surface area contributed by atoms with Gasteiger partial charge in [-0.25, -0.2) is 13.2 Å². The zero-order chi connectivity index (χ0) is 21.2. The predicted octanol–water partition coefficient (Wildman–Crippen LogP) is 2.90. The van der Waals surface area contributed by atoms with Crippen LogP contribution in [0.5, 0.6) is 0 Å². The molecule has 1 atom stereocenters. The summed E-state index contributed by atoms with van der Waals surface area (Å²) in [6, 6.07) is 6.30. The second-order valence-corrected chi connectivity index (χ2v) is 11.1.